The van der Waals surface area contributed by atoms with E-state index < -0.39 is 29.8 Å². The van der Waals surface area contributed by atoms with Crippen LogP contribution in [-0.2, 0) is 23.9 Å². The summed E-state index contributed by atoms with van der Waals surface area (Å²) in [5.74, 6) is -3.24. The highest BCUT2D eigenvalue weighted by Crippen LogP contribution is 2.08. The van der Waals surface area contributed by atoms with Crippen molar-refractivity contribution in [1.82, 2.24) is 0 Å². The Hall–Kier alpha value is -1.47. The number of ketones is 1. The van der Waals surface area contributed by atoms with Crippen LogP contribution in [0.1, 0.15) is 13.8 Å². The van der Waals surface area contributed by atoms with Crippen molar-refractivity contribution >= 4 is 17.7 Å². The van der Waals surface area contributed by atoms with E-state index in [0.717, 1.165) is 0 Å². The molecule has 0 radical (unpaired) electrons. The van der Waals surface area contributed by atoms with Gasteiger partial charge < -0.3 is 20.9 Å². The number of rotatable bonds is 6. The summed E-state index contributed by atoms with van der Waals surface area (Å²) in [7, 11) is 0. The molecule has 0 saturated carbocycles. The molecule has 7 heteroatoms. The van der Waals surface area contributed by atoms with Crippen LogP contribution >= 0.6 is 0 Å². The van der Waals surface area contributed by atoms with Gasteiger partial charge >= 0.3 is 11.9 Å². The van der Waals surface area contributed by atoms with Crippen LogP contribution in [0.5, 0.6) is 0 Å². The Labute approximate surface area is 93.1 Å². The topological polar surface area (TPSA) is 122 Å². The van der Waals surface area contributed by atoms with Gasteiger partial charge in [-0.2, -0.15) is 0 Å². The Morgan fingerprint density at radius 3 is 1.69 bits per heavy atom. The Balaban J connectivity index is 5.10. The van der Waals surface area contributed by atoms with Crippen LogP contribution < -0.4 is 11.5 Å². The first kappa shape index (κ1) is 14.5. The van der Waals surface area contributed by atoms with E-state index in [4.69, 9.17) is 11.5 Å². The third kappa shape index (κ3) is 2.77. The van der Waals surface area contributed by atoms with Gasteiger partial charge in [-0.05, 0) is 13.8 Å². The van der Waals surface area contributed by atoms with Crippen LogP contribution in [0, 0.1) is 0 Å². The van der Waals surface area contributed by atoms with E-state index >= 15 is 0 Å². The van der Waals surface area contributed by atoms with Gasteiger partial charge in [0.05, 0.1) is 19.8 Å². The minimum absolute atomic E-state index is 0.00492. The van der Waals surface area contributed by atoms with Crippen molar-refractivity contribution in [2.24, 2.45) is 11.5 Å². The van der Waals surface area contributed by atoms with Crippen molar-refractivity contribution in [3.8, 4) is 0 Å². The second-order valence-corrected chi connectivity index (χ2v) is 2.88. The average Bonchev–Trinajstić information content (AvgIpc) is 2.27. The largest absolute Gasteiger partial charge is 0.464 e. The van der Waals surface area contributed by atoms with Crippen molar-refractivity contribution in [2.45, 2.75) is 19.4 Å². The number of hydrogen-bond donors (Lipinski definition) is 2. The molecule has 0 spiro atoms. The molecule has 16 heavy (non-hydrogen) atoms. The van der Waals surface area contributed by atoms with Gasteiger partial charge in [0.1, 0.15) is 0 Å². The lowest BCUT2D eigenvalue weighted by Gasteiger charge is -2.22. The average molecular weight is 232 g/mol. The molecular weight excluding hydrogens is 216 g/mol. The third-order valence-corrected chi connectivity index (χ3v) is 1.82. The lowest BCUT2D eigenvalue weighted by atomic mass is 9.95. The van der Waals surface area contributed by atoms with Gasteiger partial charge in [0.2, 0.25) is 0 Å². The summed E-state index contributed by atoms with van der Waals surface area (Å²) in [6, 6.07) is 0. The predicted molar refractivity (Wildman–Crippen MR) is 54.2 cm³/mol. The standard InChI is InChI=1S/C9H16N2O5/c1-3-15-7(13)9(11,6(12)5-10)8(14)16-4-2/h3-5,10-11H2,1-2H3. The van der Waals surface area contributed by atoms with Gasteiger partial charge in [-0.15, -0.1) is 0 Å². The molecule has 0 aliphatic carbocycles. The van der Waals surface area contributed by atoms with Crippen molar-refractivity contribution in [3.63, 3.8) is 0 Å². The Bertz CT molecular complexity index is 272. The molecule has 0 aliphatic rings. The fraction of sp³-hybridized carbons (Fsp3) is 0.667. The van der Waals surface area contributed by atoms with Gasteiger partial charge in [0, 0.05) is 0 Å². The SMILES string of the molecule is CCOC(=O)C(N)(C(=O)CN)C(=O)OCC. The number of ether oxygens (including phenoxy) is 2. The highest BCUT2D eigenvalue weighted by atomic mass is 16.6. The maximum atomic E-state index is 11.5. The zero-order valence-corrected chi connectivity index (χ0v) is 9.32. The van der Waals surface area contributed by atoms with E-state index in [2.05, 4.69) is 9.47 Å². The summed E-state index contributed by atoms with van der Waals surface area (Å²) >= 11 is 0. The molecule has 0 unspecified atom stereocenters. The molecule has 0 rings (SSSR count). The second kappa shape index (κ2) is 6.19. The molecule has 0 aromatic rings. The first-order valence-electron chi connectivity index (χ1n) is 4.81. The van der Waals surface area contributed by atoms with Crippen molar-refractivity contribution in [1.29, 1.82) is 0 Å². The van der Waals surface area contributed by atoms with E-state index in [-0.39, 0.29) is 13.2 Å². The fourth-order valence-electron chi connectivity index (χ4n) is 0.962. The number of carbonyl (C=O) groups is 3. The maximum absolute atomic E-state index is 11.5. The molecule has 0 fully saturated rings. The van der Waals surface area contributed by atoms with E-state index in [1.807, 2.05) is 0 Å². The first-order valence-corrected chi connectivity index (χ1v) is 4.81. The zero-order valence-electron chi connectivity index (χ0n) is 9.32. The van der Waals surface area contributed by atoms with Crippen molar-refractivity contribution in [3.05, 3.63) is 0 Å². The third-order valence-electron chi connectivity index (χ3n) is 1.82. The molecule has 0 atom stereocenters. The highest BCUT2D eigenvalue weighted by Gasteiger charge is 2.51. The highest BCUT2D eigenvalue weighted by molar-refractivity contribution is 6.25. The second-order valence-electron chi connectivity index (χ2n) is 2.88. The van der Waals surface area contributed by atoms with E-state index in [1.54, 1.807) is 0 Å². The molecule has 0 heterocycles. The van der Waals surface area contributed by atoms with E-state index in [1.165, 1.54) is 13.8 Å². The number of carbonyl (C=O) groups excluding carboxylic acids is 3. The van der Waals surface area contributed by atoms with E-state index in [9.17, 15) is 14.4 Å². The van der Waals surface area contributed by atoms with Gasteiger partial charge in [0.15, 0.2) is 5.78 Å². The van der Waals surface area contributed by atoms with Gasteiger partial charge in [-0.3, -0.25) is 4.79 Å². The zero-order chi connectivity index (χ0) is 12.8. The summed E-state index contributed by atoms with van der Waals surface area (Å²) in [5.41, 5.74) is 8.06. The minimum atomic E-state index is -2.46. The van der Waals surface area contributed by atoms with Crippen LogP contribution in [0.4, 0.5) is 0 Å². The minimum Gasteiger partial charge on any atom is -0.464 e. The summed E-state index contributed by atoms with van der Waals surface area (Å²) in [6.07, 6.45) is 0. The summed E-state index contributed by atoms with van der Waals surface area (Å²) in [4.78, 5) is 34.3. The molecule has 7 nitrogen and oxygen atoms in total. The van der Waals surface area contributed by atoms with Crippen LogP contribution in [0.25, 0.3) is 0 Å². The maximum Gasteiger partial charge on any atom is 0.345 e. The normalized spacial score (nSPS) is 10.8. The number of esters is 2. The lowest BCUT2D eigenvalue weighted by Crippen LogP contribution is -2.64. The predicted octanol–water partition coefficient (Wildman–Crippen LogP) is -1.66. The van der Waals surface area contributed by atoms with Gasteiger partial charge in [-0.25, -0.2) is 9.59 Å². The monoisotopic (exact) mass is 232 g/mol. The van der Waals surface area contributed by atoms with Gasteiger partial charge in [0.25, 0.3) is 5.54 Å². The molecule has 0 bridgehead atoms. The molecular formula is C9H16N2O5. The molecule has 0 aliphatic heterocycles. The Morgan fingerprint density at radius 1 is 1.06 bits per heavy atom. The van der Waals surface area contributed by atoms with E-state index in [0.29, 0.717) is 0 Å². The Kier molecular flexibility index (Phi) is 5.62. The van der Waals surface area contributed by atoms with Crippen molar-refractivity contribution < 1.29 is 23.9 Å². The number of nitrogens with two attached hydrogens (primary N) is 2. The van der Waals surface area contributed by atoms with Crippen LogP contribution in [0.15, 0.2) is 0 Å². The molecule has 0 aromatic heterocycles. The quantitative estimate of drug-likeness (QED) is 0.415. The van der Waals surface area contributed by atoms with Crippen LogP contribution in [0.2, 0.25) is 0 Å². The number of Topliss-reactive ketones (excluding diaryl/α,β-unsaturated/α-hetero) is 1. The van der Waals surface area contributed by atoms with Crippen LogP contribution in [0.3, 0.4) is 0 Å². The lowest BCUT2D eigenvalue weighted by molar-refractivity contribution is -0.166. The first-order chi connectivity index (χ1) is 7.44. The summed E-state index contributed by atoms with van der Waals surface area (Å²) in [5, 5.41) is 0. The van der Waals surface area contributed by atoms with Crippen molar-refractivity contribution in [2.75, 3.05) is 19.8 Å². The Morgan fingerprint density at radius 2 is 1.44 bits per heavy atom. The molecule has 0 amide bonds. The molecule has 0 aromatic carbocycles. The molecule has 92 valence electrons. The molecule has 0 saturated heterocycles. The molecule has 4 N–H and O–H groups in total. The number of hydrogen-bond acceptors (Lipinski definition) is 7. The van der Waals surface area contributed by atoms with Gasteiger partial charge in [-0.1, -0.05) is 0 Å². The summed E-state index contributed by atoms with van der Waals surface area (Å²) in [6.45, 7) is 2.49. The summed E-state index contributed by atoms with van der Waals surface area (Å²) < 4.78 is 9.11. The smallest absolute Gasteiger partial charge is 0.345 e. The van der Waals surface area contributed by atoms with Crippen LogP contribution in [-0.4, -0.2) is 43.0 Å². The fourth-order valence-corrected chi connectivity index (χ4v) is 0.962.